The van der Waals surface area contributed by atoms with Gasteiger partial charge in [-0.05, 0) is 12.6 Å². The van der Waals surface area contributed by atoms with Crippen molar-refractivity contribution in [3.05, 3.63) is 0 Å². The summed E-state index contributed by atoms with van der Waals surface area (Å²) in [5.41, 5.74) is 2.42. The smallest absolute Gasteiger partial charge is 0.0147 e. The van der Waals surface area contributed by atoms with E-state index in [0.717, 1.165) is 6.42 Å². The standard InChI is InChI=1S/C3H9N3/c4-2-1-3-6-5/h2,4,6H,1,3,5H2. The lowest BCUT2D eigenvalue weighted by Crippen LogP contribution is -2.22. The van der Waals surface area contributed by atoms with Crippen LogP contribution in [0.5, 0.6) is 0 Å². The van der Waals surface area contributed by atoms with Crippen LogP contribution in [0, 0.1) is 5.41 Å². The lowest BCUT2D eigenvalue weighted by Gasteiger charge is -1.86. The highest BCUT2D eigenvalue weighted by Gasteiger charge is 1.70. The Labute approximate surface area is 37.0 Å². The molecule has 0 saturated carbocycles. The zero-order valence-corrected chi connectivity index (χ0v) is 3.57. The van der Waals surface area contributed by atoms with Gasteiger partial charge in [0.25, 0.3) is 0 Å². The summed E-state index contributed by atoms with van der Waals surface area (Å²) in [7, 11) is 0. The Morgan fingerprint density at radius 3 is 2.67 bits per heavy atom. The molecule has 0 radical (unpaired) electrons. The van der Waals surface area contributed by atoms with E-state index >= 15 is 0 Å². The molecule has 3 nitrogen and oxygen atoms in total. The van der Waals surface area contributed by atoms with Gasteiger partial charge in [0.05, 0.1) is 0 Å². The van der Waals surface area contributed by atoms with Crippen LogP contribution in [0.15, 0.2) is 0 Å². The van der Waals surface area contributed by atoms with E-state index in [9.17, 15) is 0 Å². The molecule has 4 N–H and O–H groups in total. The Balaban J connectivity index is 2.49. The number of nitrogens with one attached hydrogen (secondary N) is 2. The van der Waals surface area contributed by atoms with Crippen molar-refractivity contribution in [3.63, 3.8) is 0 Å². The summed E-state index contributed by atoms with van der Waals surface area (Å²) in [6.07, 6.45) is 2.04. The second-order valence-corrected chi connectivity index (χ2v) is 0.947. The van der Waals surface area contributed by atoms with E-state index in [1.54, 1.807) is 0 Å². The van der Waals surface area contributed by atoms with Crippen LogP contribution in [-0.4, -0.2) is 12.8 Å². The summed E-state index contributed by atoms with van der Waals surface area (Å²) in [5.74, 6) is 4.86. The summed E-state index contributed by atoms with van der Waals surface area (Å²) in [5, 5.41) is 6.49. The highest BCUT2D eigenvalue weighted by atomic mass is 15.2. The first-order valence-corrected chi connectivity index (χ1v) is 1.84. The third-order valence-electron chi connectivity index (χ3n) is 0.433. The van der Waals surface area contributed by atoms with Crippen molar-refractivity contribution in [1.29, 1.82) is 5.41 Å². The molecule has 0 rings (SSSR count). The van der Waals surface area contributed by atoms with Gasteiger partial charge in [-0.2, -0.15) is 0 Å². The average Bonchev–Trinajstić information content (AvgIpc) is 1.61. The fourth-order valence-electron chi connectivity index (χ4n) is 0.156. The van der Waals surface area contributed by atoms with Crippen LogP contribution < -0.4 is 11.3 Å². The Morgan fingerprint density at radius 2 is 2.50 bits per heavy atom. The molecule has 0 fully saturated rings. The maximum atomic E-state index is 6.49. The minimum atomic E-state index is 0.698. The molecule has 0 heterocycles. The molecule has 0 aromatic rings. The lowest BCUT2D eigenvalue weighted by atomic mass is 10.5. The van der Waals surface area contributed by atoms with E-state index < -0.39 is 0 Å². The normalized spacial score (nSPS) is 8.17. The summed E-state index contributed by atoms with van der Waals surface area (Å²) in [4.78, 5) is 0. The number of hydrazine groups is 1. The molecule has 0 aliphatic rings. The first-order valence-electron chi connectivity index (χ1n) is 1.84. The quantitative estimate of drug-likeness (QED) is 0.188. The highest BCUT2D eigenvalue weighted by molar-refractivity contribution is 5.52. The summed E-state index contributed by atoms with van der Waals surface area (Å²) >= 11 is 0. The molecule has 0 unspecified atom stereocenters. The van der Waals surface area contributed by atoms with Gasteiger partial charge in [0.15, 0.2) is 0 Å². The van der Waals surface area contributed by atoms with Crippen LogP contribution in [0.1, 0.15) is 6.42 Å². The molecule has 0 atom stereocenters. The molecule has 0 aromatic heterocycles. The number of hydrogen-bond acceptors (Lipinski definition) is 3. The van der Waals surface area contributed by atoms with Crippen molar-refractivity contribution in [2.24, 2.45) is 5.84 Å². The predicted molar refractivity (Wildman–Crippen MR) is 25.6 cm³/mol. The Kier molecular flexibility index (Phi) is 4.28. The van der Waals surface area contributed by atoms with Gasteiger partial charge in [0.2, 0.25) is 0 Å². The SMILES string of the molecule is N=CCCNN. The molecule has 6 heavy (non-hydrogen) atoms. The molecule has 0 bridgehead atoms. The Bertz CT molecular complexity index is 35.0. The zero-order valence-electron chi connectivity index (χ0n) is 3.57. The van der Waals surface area contributed by atoms with E-state index in [4.69, 9.17) is 11.3 Å². The van der Waals surface area contributed by atoms with E-state index in [2.05, 4.69) is 5.43 Å². The van der Waals surface area contributed by atoms with Crippen molar-refractivity contribution in [2.45, 2.75) is 6.42 Å². The molecule has 0 spiro atoms. The third-order valence-corrected chi connectivity index (χ3v) is 0.433. The molecule has 0 aromatic carbocycles. The molecule has 0 aliphatic carbocycles. The van der Waals surface area contributed by atoms with Crippen molar-refractivity contribution in [3.8, 4) is 0 Å². The van der Waals surface area contributed by atoms with E-state index in [0.29, 0.717) is 6.54 Å². The predicted octanol–water partition coefficient (Wildman–Crippen LogP) is -0.511. The van der Waals surface area contributed by atoms with E-state index in [1.807, 2.05) is 0 Å². The Hall–Kier alpha value is -0.410. The summed E-state index contributed by atoms with van der Waals surface area (Å²) in [6, 6.07) is 0. The first kappa shape index (κ1) is 5.59. The topological polar surface area (TPSA) is 61.9 Å². The minimum Gasteiger partial charge on any atom is -0.313 e. The van der Waals surface area contributed by atoms with Crippen LogP contribution in [0.25, 0.3) is 0 Å². The first-order chi connectivity index (χ1) is 2.91. The maximum absolute atomic E-state index is 6.49. The third kappa shape index (κ3) is 3.59. The summed E-state index contributed by atoms with van der Waals surface area (Å²) < 4.78 is 0. The van der Waals surface area contributed by atoms with Crippen LogP contribution in [0.4, 0.5) is 0 Å². The average molecular weight is 87.1 g/mol. The van der Waals surface area contributed by atoms with Gasteiger partial charge >= 0.3 is 0 Å². The number of rotatable bonds is 3. The van der Waals surface area contributed by atoms with Crippen molar-refractivity contribution in [2.75, 3.05) is 6.54 Å². The largest absolute Gasteiger partial charge is 0.313 e. The molecular formula is C3H9N3. The van der Waals surface area contributed by atoms with Crippen molar-refractivity contribution < 1.29 is 0 Å². The van der Waals surface area contributed by atoms with Gasteiger partial charge in [-0.15, -0.1) is 0 Å². The molecule has 0 amide bonds. The van der Waals surface area contributed by atoms with Gasteiger partial charge < -0.3 is 5.41 Å². The molecular weight excluding hydrogens is 78.1 g/mol. The number of nitrogens with two attached hydrogens (primary N) is 1. The van der Waals surface area contributed by atoms with Gasteiger partial charge in [-0.1, -0.05) is 0 Å². The zero-order chi connectivity index (χ0) is 4.83. The van der Waals surface area contributed by atoms with Gasteiger partial charge in [-0.3, -0.25) is 11.3 Å². The second kappa shape index (κ2) is 4.59. The van der Waals surface area contributed by atoms with E-state index in [1.165, 1.54) is 6.21 Å². The van der Waals surface area contributed by atoms with Crippen molar-refractivity contribution in [1.82, 2.24) is 5.43 Å². The van der Waals surface area contributed by atoms with Gasteiger partial charge in [-0.25, -0.2) is 0 Å². The monoisotopic (exact) mass is 87.1 g/mol. The second-order valence-electron chi connectivity index (χ2n) is 0.947. The minimum absolute atomic E-state index is 0.698. The van der Waals surface area contributed by atoms with Crippen LogP contribution >= 0.6 is 0 Å². The highest BCUT2D eigenvalue weighted by Crippen LogP contribution is 1.59. The van der Waals surface area contributed by atoms with Crippen LogP contribution in [0.3, 0.4) is 0 Å². The molecule has 36 valence electrons. The molecule has 0 aliphatic heterocycles. The van der Waals surface area contributed by atoms with Gasteiger partial charge in [0.1, 0.15) is 0 Å². The van der Waals surface area contributed by atoms with Crippen LogP contribution in [-0.2, 0) is 0 Å². The molecule has 0 saturated heterocycles. The maximum Gasteiger partial charge on any atom is 0.0147 e. The number of hydrogen-bond donors (Lipinski definition) is 3. The summed E-state index contributed by atoms with van der Waals surface area (Å²) in [6.45, 7) is 0.698. The van der Waals surface area contributed by atoms with Crippen LogP contribution in [0.2, 0.25) is 0 Å². The molecule has 3 heteroatoms. The van der Waals surface area contributed by atoms with Crippen molar-refractivity contribution >= 4 is 6.21 Å². The lowest BCUT2D eigenvalue weighted by molar-refractivity contribution is 0.755. The van der Waals surface area contributed by atoms with Gasteiger partial charge in [0, 0.05) is 6.54 Å². The fraction of sp³-hybridized carbons (Fsp3) is 0.667. The Morgan fingerprint density at radius 1 is 1.83 bits per heavy atom. The van der Waals surface area contributed by atoms with E-state index in [-0.39, 0.29) is 0 Å². The fourth-order valence-corrected chi connectivity index (χ4v) is 0.156.